The van der Waals surface area contributed by atoms with E-state index in [1.165, 1.54) is 0 Å². The van der Waals surface area contributed by atoms with Crippen LogP contribution in [0.2, 0.25) is 0 Å². The molecule has 0 saturated carbocycles. The molecule has 1 aromatic carbocycles. The van der Waals surface area contributed by atoms with Crippen molar-refractivity contribution in [1.82, 2.24) is 15.1 Å². The van der Waals surface area contributed by atoms with Gasteiger partial charge in [0.15, 0.2) is 0 Å². The largest absolute Gasteiger partial charge is 0.481 e. The first kappa shape index (κ1) is 21.7. The average molecular weight is 394 g/mol. The highest BCUT2D eigenvalue weighted by Gasteiger charge is 2.14. The van der Waals surface area contributed by atoms with Crippen LogP contribution in [-0.2, 0) is 17.8 Å². The molecule has 0 aliphatic carbocycles. The lowest BCUT2D eigenvalue weighted by Crippen LogP contribution is -2.30. The number of amides is 2. The van der Waals surface area contributed by atoms with Gasteiger partial charge in [-0.3, -0.25) is 9.48 Å². The number of allylic oxidation sites excluding steroid dienone is 2. The summed E-state index contributed by atoms with van der Waals surface area (Å²) in [6.07, 6.45) is 5.05. The number of rotatable bonds is 9. The fourth-order valence-corrected chi connectivity index (χ4v) is 2.87. The summed E-state index contributed by atoms with van der Waals surface area (Å²) in [7, 11) is 0. The molecule has 0 aliphatic rings. The summed E-state index contributed by atoms with van der Waals surface area (Å²) in [6.45, 7) is 11.9. The van der Waals surface area contributed by atoms with Crippen molar-refractivity contribution < 1.29 is 14.7 Å². The summed E-state index contributed by atoms with van der Waals surface area (Å²) >= 11 is 0. The predicted octanol–water partition coefficient (Wildman–Crippen LogP) is 3.60. The second kappa shape index (κ2) is 10.1. The molecule has 0 unspecified atom stereocenters. The number of aromatic nitrogens is 2. The molecule has 3 N–H and O–H groups in total. The maximum absolute atomic E-state index is 12.0. The number of benzene rings is 1. The van der Waals surface area contributed by atoms with E-state index in [0.29, 0.717) is 18.8 Å². The van der Waals surface area contributed by atoms with E-state index in [2.05, 4.69) is 28.9 Å². The van der Waals surface area contributed by atoms with Crippen molar-refractivity contribution in [3.8, 4) is 0 Å². The SMILES string of the molecule is C=C/C=C(\C=C)CNC(=O)Nc1ccc(Cn2nc(C)c(CC(=O)O)c2C)cc1. The number of nitrogens with one attached hydrogen (secondary N) is 2. The first-order valence-electron chi connectivity index (χ1n) is 9.16. The number of carboxylic acids is 1. The van der Waals surface area contributed by atoms with E-state index in [4.69, 9.17) is 5.11 Å². The molecular weight excluding hydrogens is 368 g/mol. The number of aryl methyl sites for hydroxylation is 1. The zero-order chi connectivity index (χ0) is 21.4. The molecule has 7 heteroatoms. The molecule has 1 aromatic heterocycles. The normalized spacial score (nSPS) is 11.0. The van der Waals surface area contributed by atoms with Gasteiger partial charge in [-0.1, -0.05) is 43.5 Å². The summed E-state index contributed by atoms with van der Waals surface area (Å²) in [6, 6.07) is 7.11. The standard InChI is InChI=1S/C22H26N4O3/c1-5-7-17(6-2)13-23-22(29)24-19-10-8-18(9-11-19)14-26-16(4)20(12-21(27)28)15(3)25-26/h5-11H,1-2,12-14H2,3-4H3,(H,27,28)(H2,23,24,29)/b17-7+. The van der Waals surface area contributed by atoms with Crippen molar-refractivity contribution in [2.45, 2.75) is 26.8 Å². The molecule has 0 spiro atoms. The molecule has 152 valence electrons. The Hall–Kier alpha value is -3.61. The number of anilines is 1. The lowest BCUT2D eigenvalue weighted by molar-refractivity contribution is -0.136. The Balaban J connectivity index is 1.98. The number of carbonyl (C=O) groups is 2. The van der Waals surface area contributed by atoms with E-state index < -0.39 is 5.97 Å². The fourth-order valence-electron chi connectivity index (χ4n) is 2.87. The van der Waals surface area contributed by atoms with Gasteiger partial charge in [-0.05, 0) is 37.1 Å². The van der Waals surface area contributed by atoms with Gasteiger partial charge in [0, 0.05) is 23.5 Å². The van der Waals surface area contributed by atoms with Crippen LogP contribution in [0, 0.1) is 13.8 Å². The third-order valence-electron chi connectivity index (χ3n) is 4.45. The Kier molecular flexibility index (Phi) is 7.54. The fraction of sp³-hybridized carbons (Fsp3) is 0.227. The average Bonchev–Trinajstić information content (AvgIpc) is 2.93. The number of carboxylic acid groups (broad SMARTS) is 1. The molecule has 7 nitrogen and oxygen atoms in total. The van der Waals surface area contributed by atoms with Crippen LogP contribution in [0.1, 0.15) is 22.5 Å². The van der Waals surface area contributed by atoms with Crippen LogP contribution in [0.4, 0.5) is 10.5 Å². The van der Waals surface area contributed by atoms with Gasteiger partial charge < -0.3 is 15.7 Å². The van der Waals surface area contributed by atoms with Gasteiger partial charge in [0.1, 0.15) is 0 Å². The Labute approximate surface area is 170 Å². The van der Waals surface area contributed by atoms with Crippen LogP contribution < -0.4 is 10.6 Å². The monoisotopic (exact) mass is 394 g/mol. The molecule has 0 bridgehead atoms. The van der Waals surface area contributed by atoms with Crippen molar-refractivity contribution in [2.24, 2.45) is 0 Å². The van der Waals surface area contributed by atoms with Crippen LogP contribution in [0.15, 0.2) is 61.2 Å². The highest BCUT2D eigenvalue weighted by Crippen LogP contribution is 2.17. The first-order chi connectivity index (χ1) is 13.8. The zero-order valence-electron chi connectivity index (χ0n) is 16.7. The van der Waals surface area contributed by atoms with E-state index >= 15 is 0 Å². The van der Waals surface area contributed by atoms with Crippen LogP contribution in [0.3, 0.4) is 0 Å². The second-order valence-electron chi connectivity index (χ2n) is 6.56. The highest BCUT2D eigenvalue weighted by molar-refractivity contribution is 5.89. The van der Waals surface area contributed by atoms with E-state index in [1.807, 2.05) is 38.1 Å². The van der Waals surface area contributed by atoms with Gasteiger partial charge in [0.25, 0.3) is 0 Å². The van der Waals surface area contributed by atoms with Crippen molar-refractivity contribution in [1.29, 1.82) is 0 Å². The van der Waals surface area contributed by atoms with Gasteiger partial charge >= 0.3 is 12.0 Å². The maximum atomic E-state index is 12.0. The summed E-state index contributed by atoms with van der Waals surface area (Å²) in [5.41, 5.74) is 4.83. The molecule has 29 heavy (non-hydrogen) atoms. The van der Waals surface area contributed by atoms with Gasteiger partial charge in [0.2, 0.25) is 0 Å². The zero-order valence-corrected chi connectivity index (χ0v) is 16.7. The first-order valence-corrected chi connectivity index (χ1v) is 9.16. The van der Waals surface area contributed by atoms with Gasteiger partial charge in [-0.15, -0.1) is 0 Å². The van der Waals surface area contributed by atoms with Crippen molar-refractivity contribution >= 4 is 17.7 Å². The minimum absolute atomic E-state index is 0.0365. The van der Waals surface area contributed by atoms with Gasteiger partial charge in [-0.2, -0.15) is 5.10 Å². The lowest BCUT2D eigenvalue weighted by Gasteiger charge is -2.09. The van der Waals surface area contributed by atoms with E-state index in [0.717, 1.165) is 28.1 Å². The number of carbonyl (C=O) groups excluding carboxylic acids is 1. The smallest absolute Gasteiger partial charge is 0.319 e. The number of hydrogen-bond donors (Lipinski definition) is 3. The molecule has 2 rings (SSSR count). The van der Waals surface area contributed by atoms with Crippen molar-refractivity contribution in [3.05, 3.63) is 83.7 Å². The van der Waals surface area contributed by atoms with Crippen LogP contribution >= 0.6 is 0 Å². The van der Waals surface area contributed by atoms with Crippen molar-refractivity contribution in [2.75, 3.05) is 11.9 Å². The highest BCUT2D eigenvalue weighted by atomic mass is 16.4. The number of hydrogen-bond acceptors (Lipinski definition) is 3. The maximum Gasteiger partial charge on any atom is 0.319 e. The van der Waals surface area contributed by atoms with Crippen LogP contribution in [-0.4, -0.2) is 33.4 Å². The second-order valence-corrected chi connectivity index (χ2v) is 6.56. The topological polar surface area (TPSA) is 96.3 Å². The number of urea groups is 1. The summed E-state index contributed by atoms with van der Waals surface area (Å²) in [5.74, 6) is -0.871. The molecule has 1 heterocycles. The third kappa shape index (κ3) is 6.21. The molecule has 2 aromatic rings. The van der Waals surface area contributed by atoms with Crippen molar-refractivity contribution in [3.63, 3.8) is 0 Å². The molecular formula is C22H26N4O3. The van der Waals surface area contributed by atoms with Gasteiger partial charge in [0.05, 0.1) is 18.7 Å². The molecule has 2 amide bonds. The van der Waals surface area contributed by atoms with Crippen LogP contribution in [0.5, 0.6) is 0 Å². The van der Waals surface area contributed by atoms with E-state index in [1.54, 1.807) is 22.9 Å². The number of aliphatic carboxylic acids is 1. The molecule has 0 saturated heterocycles. The summed E-state index contributed by atoms with van der Waals surface area (Å²) in [5, 5.41) is 19.0. The quantitative estimate of drug-likeness (QED) is 0.566. The predicted molar refractivity (Wildman–Crippen MR) is 114 cm³/mol. The number of nitrogens with zero attached hydrogens (tertiary/aromatic N) is 2. The molecule has 0 radical (unpaired) electrons. The van der Waals surface area contributed by atoms with Crippen LogP contribution in [0.25, 0.3) is 0 Å². The Morgan fingerprint density at radius 2 is 1.90 bits per heavy atom. The Bertz CT molecular complexity index is 940. The molecule has 0 atom stereocenters. The minimum atomic E-state index is -0.871. The molecule has 0 aliphatic heterocycles. The third-order valence-corrected chi connectivity index (χ3v) is 4.45. The molecule has 0 fully saturated rings. The minimum Gasteiger partial charge on any atom is -0.481 e. The van der Waals surface area contributed by atoms with E-state index in [9.17, 15) is 9.59 Å². The Morgan fingerprint density at radius 1 is 1.21 bits per heavy atom. The lowest BCUT2D eigenvalue weighted by atomic mass is 10.1. The summed E-state index contributed by atoms with van der Waals surface area (Å²) < 4.78 is 1.80. The Morgan fingerprint density at radius 3 is 2.48 bits per heavy atom. The van der Waals surface area contributed by atoms with E-state index in [-0.39, 0.29) is 12.5 Å². The van der Waals surface area contributed by atoms with Gasteiger partial charge in [-0.25, -0.2) is 4.79 Å². The summed E-state index contributed by atoms with van der Waals surface area (Å²) in [4.78, 5) is 23.0.